The molecule has 0 radical (unpaired) electrons. The van der Waals surface area contributed by atoms with E-state index in [1.54, 1.807) is 0 Å². The highest BCUT2D eigenvalue weighted by atomic mass is 16.7. The van der Waals surface area contributed by atoms with Crippen LogP contribution in [0.3, 0.4) is 0 Å². The summed E-state index contributed by atoms with van der Waals surface area (Å²) in [4.78, 5) is 5.43. The van der Waals surface area contributed by atoms with Crippen molar-refractivity contribution >= 4 is 51.1 Å². The Kier molecular flexibility index (Phi) is 5.14. The number of nitrogens with zero attached hydrogens (tertiary/aromatic N) is 1. The molecule has 0 N–H and O–H groups in total. The zero-order valence-electron chi connectivity index (χ0n) is 22.8. The second kappa shape index (κ2) is 8.27. The largest absolute Gasteiger partial charge is 0.494 e. The third-order valence-corrected chi connectivity index (χ3v) is 8.82. The number of benzene rings is 4. The van der Waals surface area contributed by atoms with Crippen LogP contribution in [-0.4, -0.2) is 23.3 Å². The smallest absolute Gasteiger partial charge is 0.399 e. The molecule has 3 nitrogen and oxygen atoms in total. The van der Waals surface area contributed by atoms with Gasteiger partial charge in [0.2, 0.25) is 0 Å². The van der Waals surface area contributed by atoms with Gasteiger partial charge in [-0.1, -0.05) is 78.4 Å². The fraction of sp³-hybridized carbons (Fsp3) is 0.265. The van der Waals surface area contributed by atoms with Gasteiger partial charge in [0, 0.05) is 21.7 Å². The Morgan fingerprint density at radius 2 is 1.50 bits per heavy atom. The van der Waals surface area contributed by atoms with Crippen LogP contribution in [0.2, 0.25) is 0 Å². The minimum Gasteiger partial charge on any atom is -0.399 e. The summed E-state index contributed by atoms with van der Waals surface area (Å²) >= 11 is 0. The van der Waals surface area contributed by atoms with Crippen LogP contribution >= 0.6 is 0 Å². The van der Waals surface area contributed by atoms with Crippen LogP contribution in [0, 0.1) is 6.92 Å². The molecule has 7 rings (SSSR count). The fourth-order valence-electron chi connectivity index (χ4n) is 6.02. The molecule has 1 aliphatic heterocycles. The van der Waals surface area contributed by atoms with Crippen molar-refractivity contribution in [2.45, 2.75) is 58.7 Å². The quantitative estimate of drug-likeness (QED) is 0.184. The van der Waals surface area contributed by atoms with E-state index in [0.717, 1.165) is 35.1 Å². The molecule has 2 heterocycles. The van der Waals surface area contributed by atoms with Crippen molar-refractivity contribution in [1.82, 2.24) is 4.98 Å². The van der Waals surface area contributed by atoms with Gasteiger partial charge in [-0.05, 0) is 80.9 Å². The number of hydrogen-bond acceptors (Lipinski definition) is 3. The first-order chi connectivity index (χ1) is 18.2. The van der Waals surface area contributed by atoms with Crippen LogP contribution < -0.4 is 5.46 Å². The Morgan fingerprint density at radius 1 is 0.789 bits per heavy atom. The summed E-state index contributed by atoms with van der Waals surface area (Å²) in [6.45, 7) is 10.5. The summed E-state index contributed by atoms with van der Waals surface area (Å²) in [7, 11) is -0.375. The maximum atomic E-state index is 6.30. The van der Waals surface area contributed by atoms with E-state index in [9.17, 15) is 0 Å². The van der Waals surface area contributed by atoms with Crippen LogP contribution in [0.5, 0.6) is 0 Å². The van der Waals surface area contributed by atoms with Gasteiger partial charge in [0.05, 0.1) is 22.4 Å². The van der Waals surface area contributed by atoms with Crippen molar-refractivity contribution in [1.29, 1.82) is 0 Å². The van der Waals surface area contributed by atoms with E-state index < -0.39 is 0 Å². The number of aromatic nitrogens is 1. The van der Waals surface area contributed by atoms with Gasteiger partial charge in [-0.15, -0.1) is 0 Å². The molecule has 4 aromatic carbocycles. The van der Waals surface area contributed by atoms with Gasteiger partial charge in [0.25, 0.3) is 0 Å². The van der Waals surface area contributed by atoms with Crippen LogP contribution in [-0.2, 0) is 15.7 Å². The van der Waals surface area contributed by atoms with E-state index in [1.807, 2.05) is 0 Å². The predicted molar refractivity (Wildman–Crippen MR) is 160 cm³/mol. The topological polar surface area (TPSA) is 31.4 Å². The van der Waals surface area contributed by atoms with Crippen molar-refractivity contribution in [2.75, 3.05) is 0 Å². The molecule has 0 amide bonds. The van der Waals surface area contributed by atoms with E-state index in [0.29, 0.717) is 0 Å². The maximum absolute atomic E-state index is 6.30. The van der Waals surface area contributed by atoms with Gasteiger partial charge >= 0.3 is 7.12 Å². The number of pyridine rings is 1. The standard InChI is InChI=1S/C34H32BNO2/c1-21-14-19-27-29(20-21)31(22-15-17-23(18-16-22)35-37-33(2,3)34(4,5)38-35)36-32-28-13-9-7-11-25(28)24-10-6-8-12-26(24)30(27)32/h7-9,11-20H,6,10H2,1-5H3. The van der Waals surface area contributed by atoms with Crippen molar-refractivity contribution < 1.29 is 9.31 Å². The van der Waals surface area contributed by atoms with Gasteiger partial charge < -0.3 is 9.31 Å². The molecule has 0 spiro atoms. The number of hydrogen-bond donors (Lipinski definition) is 0. The van der Waals surface area contributed by atoms with Gasteiger partial charge in [0.15, 0.2) is 0 Å². The minimum atomic E-state index is -0.375. The summed E-state index contributed by atoms with van der Waals surface area (Å²) in [5.74, 6) is 0. The van der Waals surface area contributed by atoms with E-state index >= 15 is 0 Å². The lowest BCUT2D eigenvalue weighted by Gasteiger charge is -2.32. The second-order valence-electron chi connectivity index (χ2n) is 11.8. The molecule has 0 unspecified atom stereocenters. The fourth-order valence-corrected chi connectivity index (χ4v) is 6.02. The van der Waals surface area contributed by atoms with Crippen LogP contribution in [0.4, 0.5) is 0 Å². The van der Waals surface area contributed by atoms with E-state index in [2.05, 4.69) is 114 Å². The highest BCUT2D eigenvalue weighted by Gasteiger charge is 2.51. The van der Waals surface area contributed by atoms with Crippen molar-refractivity contribution in [3.63, 3.8) is 0 Å². The second-order valence-corrected chi connectivity index (χ2v) is 11.8. The first-order valence-corrected chi connectivity index (χ1v) is 13.6. The molecule has 2 aliphatic rings. The Labute approximate surface area is 224 Å². The van der Waals surface area contributed by atoms with E-state index in [4.69, 9.17) is 14.3 Å². The lowest BCUT2D eigenvalue weighted by molar-refractivity contribution is 0.00578. The van der Waals surface area contributed by atoms with Gasteiger partial charge in [-0.3, -0.25) is 0 Å². The molecular weight excluding hydrogens is 465 g/mol. The van der Waals surface area contributed by atoms with Crippen LogP contribution in [0.25, 0.3) is 49.8 Å². The number of fused-ring (bicyclic) bond motifs is 8. The molecule has 0 atom stereocenters. The van der Waals surface area contributed by atoms with Gasteiger partial charge in [-0.2, -0.15) is 0 Å². The van der Waals surface area contributed by atoms with Crippen LogP contribution in [0.15, 0.2) is 72.8 Å². The molecule has 5 aromatic rings. The molecule has 1 aliphatic carbocycles. The van der Waals surface area contributed by atoms with E-state index in [-0.39, 0.29) is 18.3 Å². The predicted octanol–water partition coefficient (Wildman–Crippen LogP) is 7.78. The average molecular weight is 497 g/mol. The molecular formula is C34H32BNO2. The molecule has 188 valence electrons. The van der Waals surface area contributed by atoms with E-state index in [1.165, 1.54) is 43.6 Å². The SMILES string of the molecule is Cc1ccc2c(c1)c(-c1ccc(B3OC(C)(C)C(C)(C)O3)cc1)nc1c3ccccc3c3c(c21)C=CCC3. The lowest BCUT2D eigenvalue weighted by atomic mass is 9.78. The first-order valence-electron chi connectivity index (χ1n) is 13.6. The van der Waals surface area contributed by atoms with Crippen LogP contribution in [0.1, 0.15) is 50.8 Å². The summed E-state index contributed by atoms with van der Waals surface area (Å²) in [5, 5.41) is 6.27. The first kappa shape index (κ1) is 23.6. The summed E-state index contributed by atoms with van der Waals surface area (Å²) in [6.07, 6.45) is 6.77. The normalized spacial score (nSPS) is 18.0. The van der Waals surface area contributed by atoms with Crippen molar-refractivity contribution in [2.24, 2.45) is 0 Å². The Bertz CT molecular complexity index is 1770. The zero-order valence-corrected chi connectivity index (χ0v) is 22.8. The summed E-state index contributed by atoms with van der Waals surface area (Å²) in [6, 6.07) is 24.1. The third-order valence-electron chi connectivity index (χ3n) is 8.82. The van der Waals surface area contributed by atoms with Crippen molar-refractivity contribution in [3.8, 4) is 11.3 Å². The molecule has 1 saturated heterocycles. The molecule has 1 fully saturated rings. The highest BCUT2D eigenvalue weighted by molar-refractivity contribution is 6.62. The number of allylic oxidation sites excluding steroid dienone is 1. The van der Waals surface area contributed by atoms with Crippen molar-refractivity contribution in [3.05, 3.63) is 89.5 Å². The van der Waals surface area contributed by atoms with Gasteiger partial charge in [-0.25, -0.2) is 4.98 Å². The Balaban J connectivity index is 1.46. The third kappa shape index (κ3) is 3.47. The molecule has 38 heavy (non-hydrogen) atoms. The number of rotatable bonds is 2. The summed E-state index contributed by atoms with van der Waals surface area (Å²) < 4.78 is 12.6. The Morgan fingerprint density at radius 3 is 2.24 bits per heavy atom. The molecule has 0 saturated carbocycles. The zero-order chi connectivity index (χ0) is 26.2. The molecule has 0 bridgehead atoms. The Hall–Kier alpha value is -3.47. The minimum absolute atomic E-state index is 0.362. The lowest BCUT2D eigenvalue weighted by Crippen LogP contribution is -2.41. The molecule has 1 aromatic heterocycles. The molecule has 4 heteroatoms. The monoisotopic (exact) mass is 497 g/mol. The maximum Gasteiger partial charge on any atom is 0.494 e. The number of aryl methyl sites for hydroxylation is 2. The highest BCUT2D eigenvalue weighted by Crippen LogP contribution is 2.42. The van der Waals surface area contributed by atoms with Gasteiger partial charge in [0.1, 0.15) is 0 Å². The average Bonchev–Trinajstić information content (AvgIpc) is 3.14. The summed E-state index contributed by atoms with van der Waals surface area (Å²) in [5.41, 5.74) is 7.50.